The number of nitrogens with two attached hydrogens (primary N) is 1. The summed E-state index contributed by atoms with van der Waals surface area (Å²) in [7, 11) is 0. The predicted octanol–water partition coefficient (Wildman–Crippen LogP) is 3.52. The van der Waals surface area contributed by atoms with E-state index in [4.69, 9.17) is 15.2 Å². The quantitative estimate of drug-likeness (QED) is 0.692. The van der Waals surface area contributed by atoms with Gasteiger partial charge in [0.1, 0.15) is 11.5 Å². The predicted molar refractivity (Wildman–Crippen MR) is 73.2 cm³/mol. The van der Waals surface area contributed by atoms with Crippen LogP contribution in [0.2, 0.25) is 0 Å². The lowest BCUT2D eigenvalue weighted by molar-refractivity contribution is 0.0526. The van der Waals surface area contributed by atoms with Crippen LogP contribution >= 0.6 is 0 Å². The number of ether oxygens (including phenoxy) is 2. The molecular formula is C15H13F2NO3. The van der Waals surface area contributed by atoms with Gasteiger partial charge in [-0.25, -0.2) is 13.6 Å². The third-order valence-electron chi connectivity index (χ3n) is 2.64. The molecule has 2 aromatic rings. The first-order valence-electron chi connectivity index (χ1n) is 6.20. The fraction of sp³-hybridized carbons (Fsp3) is 0.133. The summed E-state index contributed by atoms with van der Waals surface area (Å²) in [6, 6.07) is 7.47. The molecule has 0 saturated carbocycles. The van der Waals surface area contributed by atoms with E-state index in [-0.39, 0.29) is 29.4 Å². The van der Waals surface area contributed by atoms with Crippen LogP contribution in [0.5, 0.6) is 11.5 Å². The van der Waals surface area contributed by atoms with Crippen molar-refractivity contribution in [3.8, 4) is 11.5 Å². The first-order chi connectivity index (χ1) is 10.0. The minimum atomic E-state index is -1.02. The summed E-state index contributed by atoms with van der Waals surface area (Å²) in [5, 5.41) is 0. The topological polar surface area (TPSA) is 61.5 Å². The second-order valence-corrected chi connectivity index (χ2v) is 4.15. The summed E-state index contributed by atoms with van der Waals surface area (Å²) in [6.45, 7) is 1.95. The van der Waals surface area contributed by atoms with E-state index in [9.17, 15) is 13.6 Å². The molecule has 0 aromatic heterocycles. The second kappa shape index (κ2) is 6.21. The molecule has 2 aromatic carbocycles. The van der Waals surface area contributed by atoms with Crippen LogP contribution in [0.3, 0.4) is 0 Å². The van der Waals surface area contributed by atoms with Crippen LogP contribution < -0.4 is 10.5 Å². The van der Waals surface area contributed by atoms with Gasteiger partial charge in [-0.2, -0.15) is 0 Å². The van der Waals surface area contributed by atoms with Crippen LogP contribution in [0, 0.1) is 11.6 Å². The average Bonchev–Trinajstić information content (AvgIpc) is 2.45. The van der Waals surface area contributed by atoms with Crippen molar-refractivity contribution in [1.29, 1.82) is 0 Å². The Morgan fingerprint density at radius 2 is 1.90 bits per heavy atom. The van der Waals surface area contributed by atoms with E-state index in [0.29, 0.717) is 0 Å². The number of benzene rings is 2. The van der Waals surface area contributed by atoms with E-state index in [1.165, 1.54) is 24.3 Å². The number of hydrogen-bond donors (Lipinski definition) is 1. The van der Waals surface area contributed by atoms with Gasteiger partial charge in [0.05, 0.1) is 17.9 Å². The van der Waals surface area contributed by atoms with E-state index >= 15 is 0 Å². The van der Waals surface area contributed by atoms with Crippen LogP contribution in [0.15, 0.2) is 36.4 Å². The van der Waals surface area contributed by atoms with Gasteiger partial charge in [-0.15, -0.1) is 0 Å². The normalized spacial score (nSPS) is 10.2. The zero-order valence-electron chi connectivity index (χ0n) is 11.2. The van der Waals surface area contributed by atoms with Gasteiger partial charge >= 0.3 is 5.97 Å². The Balaban J connectivity index is 2.21. The van der Waals surface area contributed by atoms with Gasteiger partial charge in [0.25, 0.3) is 0 Å². The SMILES string of the molecule is CCOC(=O)c1ccc(Oc2ccc(F)c(F)c2)c(N)c1. The zero-order chi connectivity index (χ0) is 15.4. The maximum atomic E-state index is 13.1. The van der Waals surface area contributed by atoms with E-state index in [1.807, 2.05) is 0 Å². The molecule has 4 nitrogen and oxygen atoms in total. The fourth-order valence-corrected chi connectivity index (χ4v) is 1.65. The molecule has 0 bridgehead atoms. The molecule has 0 fully saturated rings. The van der Waals surface area contributed by atoms with Gasteiger partial charge in [-0.1, -0.05) is 0 Å². The number of halogens is 2. The molecule has 21 heavy (non-hydrogen) atoms. The molecule has 0 saturated heterocycles. The molecule has 0 aliphatic heterocycles. The summed E-state index contributed by atoms with van der Waals surface area (Å²) in [5.74, 6) is -2.15. The molecule has 6 heteroatoms. The van der Waals surface area contributed by atoms with Gasteiger partial charge in [-0.05, 0) is 37.3 Å². The minimum absolute atomic E-state index is 0.101. The van der Waals surface area contributed by atoms with Crippen LogP contribution in [0.1, 0.15) is 17.3 Å². The highest BCUT2D eigenvalue weighted by atomic mass is 19.2. The van der Waals surface area contributed by atoms with E-state index < -0.39 is 17.6 Å². The van der Waals surface area contributed by atoms with Crippen molar-refractivity contribution >= 4 is 11.7 Å². The highest BCUT2D eigenvalue weighted by molar-refractivity contribution is 5.91. The summed E-state index contributed by atoms with van der Waals surface area (Å²) < 4.78 is 36.1. The smallest absolute Gasteiger partial charge is 0.338 e. The van der Waals surface area contributed by atoms with Crippen LogP contribution in [0.25, 0.3) is 0 Å². The molecule has 0 spiro atoms. The van der Waals surface area contributed by atoms with Crippen LogP contribution in [0.4, 0.5) is 14.5 Å². The lowest BCUT2D eigenvalue weighted by Crippen LogP contribution is -2.05. The standard InChI is InChI=1S/C15H13F2NO3/c1-2-20-15(19)9-3-6-14(13(18)7-9)21-10-4-5-11(16)12(17)8-10/h3-8H,2,18H2,1H3. The van der Waals surface area contributed by atoms with Crippen molar-refractivity contribution in [2.24, 2.45) is 0 Å². The van der Waals surface area contributed by atoms with Crippen molar-refractivity contribution in [2.45, 2.75) is 6.92 Å². The third kappa shape index (κ3) is 3.47. The number of hydrogen-bond acceptors (Lipinski definition) is 4. The highest BCUT2D eigenvalue weighted by Gasteiger charge is 2.11. The second-order valence-electron chi connectivity index (χ2n) is 4.15. The van der Waals surface area contributed by atoms with E-state index in [2.05, 4.69) is 0 Å². The zero-order valence-corrected chi connectivity index (χ0v) is 11.2. The number of rotatable bonds is 4. The maximum Gasteiger partial charge on any atom is 0.338 e. The van der Waals surface area contributed by atoms with Crippen LogP contribution in [-0.4, -0.2) is 12.6 Å². The number of nitrogen functional groups attached to an aromatic ring is 1. The Morgan fingerprint density at radius 3 is 2.52 bits per heavy atom. The summed E-state index contributed by atoms with van der Waals surface area (Å²) >= 11 is 0. The van der Waals surface area contributed by atoms with Gasteiger partial charge in [0, 0.05) is 6.07 Å². The number of carbonyl (C=O) groups excluding carboxylic acids is 1. The fourth-order valence-electron chi connectivity index (χ4n) is 1.65. The molecule has 0 atom stereocenters. The molecule has 0 radical (unpaired) electrons. The van der Waals surface area contributed by atoms with Gasteiger partial charge < -0.3 is 15.2 Å². The molecule has 0 aliphatic rings. The molecule has 2 N–H and O–H groups in total. The monoisotopic (exact) mass is 293 g/mol. The average molecular weight is 293 g/mol. The minimum Gasteiger partial charge on any atom is -0.462 e. The summed E-state index contributed by atoms with van der Waals surface area (Å²) in [5.41, 5.74) is 6.24. The summed E-state index contributed by atoms with van der Waals surface area (Å²) in [6.07, 6.45) is 0. The Hall–Kier alpha value is -2.63. The number of carbonyl (C=O) groups is 1. The number of esters is 1. The largest absolute Gasteiger partial charge is 0.462 e. The first-order valence-corrected chi connectivity index (χ1v) is 6.20. The number of anilines is 1. The van der Waals surface area contributed by atoms with Gasteiger partial charge in [0.2, 0.25) is 0 Å². The Morgan fingerprint density at radius 1 is 1.14 bits per heavy atom. The lowest BCUT2D eigenvalue weighted by Gasteiger charge is -2.10. The summed E-state index contributed by atoms with van der Waals surface area (Å²) in [4.78, 5) is 11.5. The molecule has 0 heterocycles. The Bertz CT molecular complexity index is 674. The Kier molecular flexibility index (Phi) is 4.37. The molecule has 0 amide bonds. The first kappa shape index (κ1) is 14.8. The lowest BCUT2D eigenvalue weighted by atomic mass is 10.2. The molecular weight excluding hydrogens is 280 g/mol. The van der Waals surface area contributed by atoms with Crippen molar-refractivity contribution in [1.82, 2.24) is 0 Å². The third-order valence-corrected chi connectivity index (χ3v) is 2.64. The van der Waals surface area contributed by atoms with Gasteiger partial charge in [0.15, 0.2) is 11.6 Å². The van der Waals surface area contributed by atoms with Crippen molar-refractivity contribution < 1.29 is 23.0 Å². The highest BCUT2D eigenvalue weighted by Crippen LogP contribution is 2.29. The Labute approximate surface area is 120 Å². The van der Waals surface area contributed by atoms with Crippen molar-refractivity contribution in [2.75, 3.05) is 12.3 Å². The maximum absolute atomic E-state index is 13.1. The molecule has 0 unspecified atom stereocenters. The van der Waals surface area contributed by atoms with E-state index in [0.717, 1.165) is 12.1 Å². The molecule has 0 aliphatic carbocycles. The molecule has 2 rings (SSSR count). The van der Waals surface area contributed by atoms with Crippen LogP contribution in [-0.2, 0) is 4.74 Å². The van der Waals surface area contributed by atoms with Gasteiger partial charge in [-0.3, -0.25) is 0 Å². The van der Waals surface area contributed by atoms with Crippen molar-refractivity contribution in [3.05, 3.63) is 53.6 Å². The van der Waals surface area contributed by atoms with Crippen molar-refractivity contribution in [3.63, 3.8) is 0 Å². The molecule has 110 valence electrons. The van der Waals surface area contributed by atoms with E-state index in [1.54, 1.807) is 6.92 Å².